The minimum Gasteiger partial charge on any atom is -0.478 e. The van der Waals surface area contributed by atoms with Crippen LogP contribution in [0.25, 0.3) is 0 Å². The highest BCUT2D eigenvalue weighted by molar-refractivity contribution is 6.06. The van der Waals surface area contributed by atoms with Crippen LogP contribution in [0.15, 0.2) is 42.5 Å². The summed E-state index contributed by atoms with van der Waals surface area (Å²) in [5.41, 5.74) is 2.11. The van der Waals surface area contributed by atoms with E-state index in [1.807, 2.05) is 0 Å². The molecular weight excluding hydrogens is 402 g/mol. The lowest BCUT2D eigenvalue weighted by molar-refractivity contribution is -0.136. The highest BCUT2D eigenvalue weighted by Crippen LogP contribution is 2.28. The van der Waals surface area contributed by atoms with E-state index in [-0.39, 0.29) is 48.9 Å². The van der Waals surface area contributed by atoms with Crippen LogP contribution >= 0.6 is 0 Å². The number of nitrogens with one attached hydrogen (secondary N) is 2. The zero-order chi connectivity index (χ0) is 22.1. The Balaban J connectivity index is 1.45. The number of hydrogen-bond acceptors (Lipinski definition) is 5. The van der Waals surface area contributed by atoms with Gasteiger partial charge in [-0.05, 0) is 41.8 Å². The molecule has 3 N–H and O–H groups in total. The van der Waals surface area contributed by atoms with Crippen molar-refractivity contribution in [2.75, 3.05) is 0 Å². The second-order valence-electron chi connectivity index (χ2n) is 7.46. The van der Waals surface area contributed by atoms with Crippen molar-refractivity contribution < 1.29 is 29.1 Å². The highest BCUT2D eigenvalue weighted by atomic mass is 16.4. The normalized spacial score (nSPS) is 17.9. The van der Waals surface area contributed by atoms with Crippen LogP contribution in [-0.2, 0) is 22.7 Å². The van der Waals surface area contributed by atoms with Crippen molar-refractivity contribution in [1.82, 2.24) is 15.5 Å². The van der Waals surface area contributed by atoms with E-state index in [0.29, 0.717) is 16.7 Å². The maximum atomic E-state index is 12.9. The quantitative estimate of drug-likeness (QED) is 0.619. The van der Waals surface area contributed by atoms with Gasteiger partial charge < -0.3 is 15.3 Å². The first-order valence-corrected chi connectivity index (χ1v) is 9.71. The monoisotopic (exact) mass is 421 g/mol. The summed E-state index contributed by atoms with van der Waals surface area (Å²) >= 11 is 0. The summed E-state index contributed by atoms with van der Waals surface area (Å²) < 4.78 is 0. The van der Waals surface area contributed by atoms with E-state index in [1.54, 1.807) is 24.3 Å². The minimum atomic E-state index is -1.05. The Hall–Kier alpha value is -4.01. The molecule has 0 radical (unpaired) electrons. The number of nitrogens with zero attached hydrogens (tertiary/aromatic N) is 1. The number of carbonyl (C=O) groups is 5. The molecule has 1 unspecified atom stereocenters. The van der Waals surface area contributed by atoms with Gasteiger partial charge in [0.05, 0.1) is 5.56 Å². The standard InChI is InChI=1S/C22H19N3O6/c26-18-7-6-17(20(28)24-18)25-11-15-5-4-13(9-16(15)21(25)29)19(27)23-10-12-2-1-3-14(8-12)22(30)31/h1-5,8-9,17H,6-7,10-11H2,(H,23,27)(H,30,31)(H,24,26,28). The number of carbonyl (C=O) groups excluding carboxylic acids is 4. The molecule has 2 aromatic rings. The first-order chi connectivity index (χ1) is 14.8. The maximum absolute atomic E-state index is 12.9. The summed E-state index contributed by atoms with van der Waals surface area (Å²) in [6.07, 6.45) is 0.445. The summed E-state index contributed by atoms with van der Waals surface area (Å²) in [7, 11) is 0. The lowest BCUT2D eigenvalue weighted by Crippen LogP contribution is -2.52. The summed E-state index contributed by atoms with van der Waals surface area (Å²) in [5.74, 6) is -2.65. The van der Waals surface area contributed by atoms with Gasteiger partial charge in [-0.1, -0.05) is 18.2 Å². The Morgan fingerprint density at radius 3 is 2.65 bits per heavy atom. The van der Waals surface area contributed by atoms with Crippen LogP contribution in [0.1, 0.15) is 55.0 Å². The van der Waals surface area contributed by atoms with E-state index in [2.05, 4.69) is 10.6 Å². The van der Waals surface area contributed by atoms with E-state index >= 15 is 0 Å². The number of hydrogen-bond donors (Lipinski definition) is 3. The molecule has 2 aliphatic heterocycles. The molecule has 9 nitrogen and oxygen atoms in total. The Labute approximate surface area is 177 Å². The van der Waals surface area contributed by atoms with Crippen LogP contribution < -0.4 is 10.6 Å². The average molecular weight is 421 g/mol. The van der Waals surface area contributed by atoms with Crippen LogP contribution in [-0.4, -0.2) is 45.6 Å². The molecule has 31 heavy (non-hydrogen) atoms. The summed E-state index contributed by atoms with van der Waals surface area (Å²) in [4.78, 5) is 61.4. The van der Waals surface area contributed by atoms with Gasteiger partial charge in [-0.15, -0.1) is 0 Å². The molecular formula is C22H19N3O6. The van der Waals surface area contributed by atoms with Gasteiger partial charge in [-0.25, -0.2) is 4.79 Å². The predicted octanol–water partition coefficient (Wildman–Crippen LogP) is 1.08. The van der Waals surface area contributed by atoms with E-state index in [1.165, 1.54) is 23.1 Å². The van der Waals surface area contributed by atoms with Gasteiger partial charge >= 0.3 is 5.97 Å². The second kappa shape index (κ2) is 8.02. The minimum absolute atomic E-state index is 0.128. The fourth-order valence-corrected chi connectivity index (χ4v) is 3.79. The lowest BCUT2D eigenvalue weighted by Gasteiger charge is -2.29. The number of fused-ring (bicyclic) bond motifs is 1. The van der Waals surface area contributed by atoms with E-state index in [4.69, 9.17) is 5.11 Å². The third-order valence-electron chi connectivity index (χ3n) is 5.42. The lowest BCUT2D eigenvalue weighted by atomic mass is 10.0. The van der Waals surface area contributed by atoms with Crippen molar-refractivity contribution in [2.45, 2.75) is 32.0 Å². The van der Waals surface area contributed by atoms with Gasteiger partial charge in [0, 0.05) is 30.6 Å². The Morgan fingerprint density at radius 1 is 1.10 bits per heavy atom. The van der Waals surface area contributed by atoms with E-state index < -0.39 is 23.8 Å². The van der Waals surface area contributed by atoms with E-state index in [0.717, 1.165) is 0 Å². The molecule has 1 atom stereocenters. The molecule has 1 fully saturated rings. The number of aromatic carboxylic acids is 1. The third-order valence-corrected chi connectivity index (χ3v) is 5.42. The van der Waals surface area contributed by atoms with Crippen molar-refractivity contribution in [3.05, 3.63) is 70.3 Å². The molecule has 0 bridgehead atoms. The number of amides is 4. The SMILES string of the molecule is O=C1CCC(N2Cc3ccc(C(=O)NCc4cccc(C(=O)O)c4)cc3C2=O)C(=O)N1. The smallest absolute Gasteiger partial charge is 0.335 e. The first-order valence-electron chi connectivity index (χ1n) is 9.71. The van der Waals surface area contributed by atoms with Crippen molar-refractivity contribution in [2.24, 2.45) is 0 Å². The topological polar surface area (TPSA) is 133 Å². The summed E-state index contributed by atoms with van der Waals surface area (Å²) in [5, 5.41) is 14.0. The summed E-state index contributed by atoms with van der Waals surface area (Å²) in [6.45, 7) is 0.373. The number of rotatable bonds is 5. The molecule has 0 spiro atoms. The summed E-state index contributed by atoms with van der Waals surface area (Å²) in [6, 6.07) is 10.3. The van der Waals surface area contributed by atoms with Gasteiger partial charge in [0.1, 0.15) is 6.04 Å². The van der Waals surface area contributed by atoms with Crippen molar-refractivity contribution in [3.63, 3.8) is 0 Å². The van der Waals surface area contributed by atoms with Crippen LogP contribution in [0.4, 0.5) is 0 Å². The fraction of sp³-hybridized carbons (Fsp3) is 0.227. The zero-order valence-electron chi connectivity index (χ0n) is 16.4. The van der Waals surface area contributed by atoms with Crippen molar-refractivity contribution >= 4 is 29.6 Å². The molecule has 0 saturated carbocycles. The molecule has 2 heterocycles. The predicted molar refractivity (Wildman–Crippen MR) is 107 cm³/mol. The molecule has 2 aromatic carbocycles. The molecule has 158 valence electrons. The number of piperidine rings is 1. The molecule has 4 amide bonds. The van der Waals surface area contributed by atoms with Crippen LogP contribution in [0.5, 0.6) is 0 Å². The van der Waals surface area contributed by atoms with Crippen molar-refractivity contribution in [1.29, 1.82) is 0 Å². The Kier molecular flexibility index (Phi) is 5.24. The van der Waals surface area contributed by atoms with Gasteiger partial charge in [-0.2, -0.15) is 0 Å². The number of benzene rings is 2. The second-order valence-corrected chi connectivity index (χ2v) is 7.46. The number of carboxylic acids is 1. The zero-order valence-corrected chi connectivity index (χ0v) is 16.4. The van der Waals surface area contributed by atoms with E-state index in [9.17, 15) is 24.0 Å². The largest absolute Gasteiger partial charge is 0.478 e. The van der Waals surface area contributed by atoms with Crippen molar-refractivity contribution in [3.8, 4) is 0 Å². The maximum Gasteiger partial charge on any atom is 0.335 e. The third kappa shape index (κ3) is 4.02. The first kappa shape index (κ1) is 20.3. The highest BCUT2D eigenvalue weighted by Gasteiger charge is 2.39. The molecule has 0 aromatic heterocycles. The molecule has 9 heteroatoms. The molecule has 2 aliphatic rings. The van der Waals surface area contributed by atoms with Crippen LogP contribution in [0.2, 0.25) is 0 Å². The average Bonchev–Trinajstić information content (AvgIpc) is 3.08. The van der Waals surface area contributed by atoms with Gasteiger partial charge in [0.25, 0.3) is 11.8 Å². The molecule has 4 rings (SSSR count). The Morgan fingerprint density at radius 2 is 1.90 bits per heavy atom. The number of imide groups is 1. The number of carboxylic acid groups (broad SMARTS) is 1. The van der Waals surface area contributed by atoms with Gasteiger partial charge in [0.2, 0.25) is 11.8 Å². The van der Waals surface area contributed by atoms with Crippen LogP contribution in [0, 0.1) is 0 Å². The Bertz CT molecular complexity index is 1130. The molecule has 0 aliphatic carbocycles. The molecule has 1 saturated heterocycles. The van der Waals surface area contributed by atoms with Crippen LogP contribution in [0.3, 0.4) is 0 Å². The van der Waals surface area contributed by atoms with Gasteiger partial charge in [-0.3, -0.25) is 24.5 Å². The van der Waals surface area contributed by atoms with Gasteiger partial charge in [0.15, 0.2) is 0 Å². The fourth-order valence-electron chi connectivity index (χ4n) is 3.79.